The number of unbranched alkanes of at least 4 members (excludes halogenated alkanes) is 1. The number of imidazole rings is 1. The highest BCUT2D eigenvalue weighted by atomic mass is 35.5. The van der Waals surface area contributed by atoms with E-state index in [4.69, 9.17) is 11.6 Å². The number of aliphatic imine (C=N–C) groups is 1. The molecule has 0 aliphatic rings. The van der Waals surface area contributed by atoms with Crippen molar-refractivity contribution in [3.05, 3.63) is 53.1 Å². The Morgan fingerprint density at radius 2 is 2.08 bits per heavy atom. The number of aromatic nitrogens is 2. The third-order valence-corrected chi connectivity index (χ3v) is 4.12. The van der Waals surface area contributed by atoms with Gasteiger partial charge in [0, 0.05) is 37.1 Å². The van der Waals surface area contributed by atoms with Crippen molar-refractivity contribution in [2.24, 2.45) is 4.99 Å². The lowest BCUT2D eigenvalue weighted by Gasteiger charge is -2.12. The summed E-state index contributed by atoms with van der Waals surface area (Å²) >= 11 is 6.17. The molecule has 2 N–H and O–H groups in total. The second-order valence-electron chi connectivity index (χ2n) is 5.59. The molecule has 1 aromatic carbocycles. The summed E-state index contributed by atoms with van der Waals surface area (Å²) in [5.41, 5.74) is 1.03. The van der Waals surface area contributed by atoms with Gasteiger partial charge in [0.05, 0.1) is 6.54 Å². The zero-order valence-electron chi connectivity index (χ0n) is 14.4. The quantitative estimate of drug-likeness (QED) is 0.437. The van der Waals surface area contributed by atoms with E-state index in [-0.39, 0.29) is 0 Å². The predicted molar refractivity (Wildman–Crippen MR) is 100 cm³/mol. The Morgan fingerprint density at radius 1 is 1.25 bits per heavy atom. The molecule has 0 spiro atoms. The minimum atomic E-state index is 0.573. The van der Waals surface area contributed by atoms with Gasteiger partial charge in [0.2, 0.25) is 0 Å². The summed E-state index contributed by atoms with van der Waals surface area (Å²) in [6.07, 6.45) is 6.05. The van der Waals surface area contributed by atoms with Gasteiger partial charge >= 0.3 is 0 Å². The Hall–Kier alpha value is -2.01. The van der Waals surface area contributed by atoms with Crippen LogP contribution < -0.4 is 10.6 Å². The van der Waals surface area contributed by atoms with Crippen molar-refractivity contribution in [2.75, 3.05) is 13.1 Å². The molecule has 2 rings (SSSR count). The van der Waals surface area contributed by atoms with Gasteiger partial charge in [0.25, 0.3) is 0 Å². The highest BCUT2D eigenvalue weighted by molar-refractivity contribution is 6.31. The van der Waals surface area contributed by atoms with Crippen LogP contribution in [0.2, 0.25) is 5.02 Å². The first-order valence-electron chi connectivity index (χ1n) is 8.44. The van der Waals surface area contributed by atoms with Crippen LogP contribution in [0, 0.1) is 6.92 Å². The number of hydrogen-bond donors (Lipinski definition) is 2. The van der Waals surface area contributed by atoms with Crippen LogP contribution in [0.25, 0.3) is 0 Å². The molecule has 0 aliphatic carbocycles. The largest absolute Gasteiger partial charge is 0.357 e. The maximum Gasteiger partial charge on any atom is 0.191 e. The number of nitrogens with zero attached hydrogens (tertiary/aromatic N) is 3. The average molecular weight is 348 g/mol. The molecular weight excluding hydrogens is 322 g/mol. The van der Waals surface area contributed by atoms with E-state index in [0.29, 0.717) is 6.54 Å². The zero-order chi connectivity index (χ0) is 17.2. The Balaban J connectivity index is 1.75. The van der Waals surface area contributed by atoms with Crippen LogP contribution in [0.4, 0.5) is 0 Å². The van der Waals surface area contributed by atoms with E-state index in [1.165, 1.54) is 0 Å². The normalized spacial score (nSPS) is 11.5. The number of halogens is 1. The zero-order valence-corrected chi connectivity index (χ0v) is 15.2. The van der Waals surface area contributed by atoms with Crippen molar-refractivity contribution < 1.29 is 0 Å². The van der Waals surface area contributed by atoms with Crippen molar-refractivity contribution in [1.29, 1.82) is 0 Å². The first-order chi connectivity index (χ1) is 11.7. The molecule has 0 atom stereocenters. The summed E-state index contributed by atoms with van der Waals surface area (Å²) in [5.74, 6) is 1.90. The molecule has 0 radical (unpaired) electrons. The Morgan fingerprint density at radius 3 is 2.79 bits per heavy atom. The molecule has 1 aromatic heterocycles. The number of guanidine groups is 1. The summed E-state index contributed by atoms with van der Waals surface area (Å²) in [6, 6.07) is 7.81. The third-order valence-electron chi connectivity index (χ3n) is 3.75. The van der Waals surface area contributed by atoms with E-state index >= 15 is 0 Å². The fourth-order valence-corrected chi connectivity index (χ4v) is 2.58. The van der Waals surface area contributed by atoms with Crippen molar-refractivity contribution in [3.63, 3.8) is 0 Å². The Kier molecular flexibility index (Phi) is 7.62. The summed E-state index contributed by atoms with van der Waals surface area (Å²) < 4.78 is 2.18. The van der Waals surface area contributed by atoms with Crippen molar-refractivity contribution >= 4 is 17.6 Å². The molecule has 0 amide bonds. The first kappa shape index (κ1) is 18.3. The third kappa shape index (κ3) is 5.89. The second-order valence-corrected chi connectivity index (χ2v) is 6.00. The van der Waals surface area contributed by atoms with E-state index in [1.54, 1.807) is 0 Å². The lowest BCUT2D eigenvalue weighted by molar-refractivity contribution is 0.588. The van der Waals surface area contributed by atoms with Crippen LogP contribution >= 0.6 is 11.6 Å². The lowest BCUT2D eigenvalue weighted by Crippen LogP contribution is -2.37. The van der Waals surface area contributed by atoms with Crippen LogP contribution in [0.5, 0.6) is 0 Å². The van der Waals surface area contributed by atoms with Gasteiger partial charge in [-0.3, -0.25) is 0 Å². The van der Waals surface area contributed by atoms with Gasteiger partial charge in [-0.25, -0.2) is 9.98 Å². The molecule has 24 heavy (non-hydrogen) atoms. The fraction of sp³-hybridized carbons (Fsp3) is 0.444. The van der Waals surface area contributed by atoms with E-state index in [2.05, 4.69) is 32.1 Å². The minimum Gasteiger partial charge on any atom is -0.357 e. The van der Waals surface area contributed by atoms with E-state index < -0.39 is 0 Å². The fourth-order valence-electron chi connectivity index (χ4n) is 2.39. The van der Waals surface area contributed by atoms with Crippen LogP contribution in [0.15, 0.2) is 41.7 Å². The smallest absolute Gasteiger partial charge is 0.191 e. The average Bonchev–Trinajstić information content (AvgIpc) is 2.98. The minimum absolute atomic E-state index is 0.573. The number of hydrogen-bond acceptors (Lipinski definition) is 2. The molecule has 6 heteroatoms. The van der Waals surface area contributed by atoms with Crippen LogP contribution in [-0.2, 0) is 13.1 Å². The number of nitrogens with one attached hydrogen (secondary N) is 2. The van der Waals surface area contributed by atoms with Gasteiger partial charge in [0.1, 0.15) is 5.82 Å². The molecule has 2 aromatic rings. The van der Waals surface area contributed by atoms with E-state index in [0.717, 1.165) is 54.8 Å². The maximum absolute atomic E-state index is 6.17. The van der Waals surface area contributed by atoms with Crippen LogP contribution in [0.1, 0.15) is 31.2 Å². The highest BCUT2D eigenvalue weighted by Gasteiger charge is 2.01. The molecular formula is C18H26ClN5. The number of benzene rings is 1. The molecule has 0 unspecified atom stereocenters. The molecule has 0 aliphatic heterocycles. The SMILES string of the molecule is CCNC(=NCc1ccccc1Cl)NCCCCn1ccnc1C. The van der Waals surface area contributed by atoms with Gasteiger partial charge in [-0.15, -0.1) is 0 Å². The predicted octanol–water partition coefficient (Wildman–Crippen LogP) is 3.38. The molecule has 1 heterocycles. The van der Waals surface area contributed by atoms with Crippen LogP contribution in [0.3, 0.4) is 0 Å². The topological polar surface area (TPSA) is 54.2 Å². The molecule has 130 valence electrons. The summed E-state index contributed by atoms with van der Waals surface area (Å²) in [5, 5.41) is 7.40. The van der Waals surface area contributed by atoms with Crippen molar-refractivity contribution in [1.82, 2.24) is 20.2 Å². The monoisotopic (exact) mass is 347 g/mol. The first-order valence-corrected chi connectivity index (χ1v) is 8.82. The van der Waals surface area contributed by atoms with Gasteiger partial charge in [-0.05, 0) is 38.3 Å². The Bertz CT molecular complexity index is 650. The highest BCUT2D eigenvalue weighted by Crippen LogP contribution is 2.15. The van der Waals surface area contributed by atoms with E-state index in [9.17, 15) is 0 Å². The van der Waals surface area contributed by atoms with E-state index in [1.807, 2.05) is 43.6 Å². The van der Waals surface area contributed by atoms with Gasteiger partial charge in [-0.2, -0.15) is 0 Å². The number of rotatable bonds is 8. The molecule has 5 nitrogen and oxygen atoms in total. The second kappa shape index (κ2) is 9.98. The standard InChI is InChI=1S/C18H26ClN5/c1-3-20-18(23-14-16-8-4-5-9-17(16)19)22-10-6-7-12-24-13-11-21-15(24)2/h4-5,8-9,11,13H,3,6-7,10,12,14H2,1-2H3,(H2,20,22,23). The molecule has 0 saturated heterocycles. The van der Waals surface area contributed by atoms with Crippen LogP contribution in [-0.4, -0.2) is 28.6 Å². The van der Waals surface area contributed by atoms with Crippen molar-refractivity contribution in [2.45, 2.75) is 39.8 Å². The van der Waals surface area contributed by atoms with Crippen molar-refractivity contribution in [3.8, 4) is 0 Å². The summed E-state index contributed by atoms with van der Waals surface area (Å²) in [7, 11) is 0. The Labute approximate surface area is 149 Å². The van der Waals surface area contributed by atoms with Gasteiger partial charge in [-0.1, -0.05) is 29.8 Å². The molecule has 0 fully saturated rings. The van der Waals surface area contributed by atoms with Gasteiger partial charge in [0.15, 0.2) is 5.96 Å². The van der Waals surface area contributed by atoms with Gasteiger partial charge < -0.3 is 15.2 Å². The molecule has 0 saturated carbocycles. The number of aryl methyl sites for hydroxylation is 2. The maximum atomic E-state index is 6.17. The lowest BCUT2D eigenvalue weighted by atomic mass is 10.2. The summed E-state index contributed by atoms with van der Waals surface area (Å²) in [4.78, 5) is 8.84. The molecule has 0 bridgehead atoms. The summed E-state index contributed by atoms with van der Waals surface area (Å²) in [6.45, 7) is 7.39.